The lowest BCUT2D eigenvalue weighted by Gasteiger charge is -2.19. The maximum absolute atomic E-state index is 12.2. The third-order valence-electron chi connectivity index (χ3n) is 2.56. The molecule has 1 aromatic rings. The van der Waals surface area contributed by atoms with Crippen molar-refractivity contribution in [1.82, 2.24) is 5.32 Å². The molecule has 0 saturated heterocycles. The Hall–Kier alpha value is -0.880. The Kier molecular flexibility index (Phi) is 6.51. The second-order valence-electron chi connectivity index (χ2n) is 4.01. The van der Waals surface area contributed by atoms with Crippen LogP contribution < -0.4 is 10.1 Å². The summed E-state index contributed by atoms with van der Waals surface area (Å²) in [6.07, 6.45) is -1.78. The number of hydrogen-bond donors (Lipinski definition) is 1. The van der Waals surface area contributed by atoms with Gasteiger partial charge < -0.3 is 10.1 Å². The summed E-state index contributed by atoms with van der Waals surface area (Å²) in [4.78, 5) is 0. The zero-order chi connectivity index (χ0) is 14.3. The van der Waals surface area contributed by atoms with E-state index in [1.54, 1.807) is 17.8 Å². The number of thioether (sulfide) groups is 1. The molecular formula is C13H18F3NOS. The van der Waals surface area contributed by atoms with E-state index < -0.39 is 6.36 Å². The van der Waals surface area contributed by atoms with E-state index in [4.69, 9.17) is 0 Å². The van der Waals surface area contributed by atoms with E-state index >= 15 is 0 Å². The molecule has 0 amide bonds. The van der Waals surface area contributed by atoms with Crippen LogP contribution in [-0.2, 0) is 0 Å². The van der Waals surface area contributed by atoms with Crippen molar-refractivity contribution < 1.29 is 17.9 Å². The van der Waals surface area contributed by atoms with Crippen LogP contribution in [0.25, 0.3) is 0 Å². The fourth-order valence-electron chi connectivity index (χ4n) is 1.80. The van der Waals surface area contributed by atoms with E-state index in [0.29, 0.717) is 0 Å². The Morgan fingerprint density at radius 1 is 1.37 bits per heavy atom. The van der Waals surface area contributed by atoms with E-state index in [2.05, 4.69) is 10.1 Å². The van der Waals surface area contributed by atoms with Gasteiger partial charge in [-0.3, -0.25) is 0 Å². The highest BCUT2D eigenvalue weighted by Crippen LogP contribution is 2.27. The first-order valence-electron chi connectivity index (χ1n) is 6.04. The molecule has 1 N–H and O–H groups in total. The summed E-state index contributed by atoms with van der Waals surface area (Å²) >= 11 is 1.71. The fourth-order valence-corrected chi connectivity index (χ4v) is 2.27. The first-order valence-corrected chi connectivity index (χ1v) is 7.43. The van der Waals surface area contributed by atoms with Crippen molar-refractivity contribution in [1.29, 1.82) is 0 Å². The number of halogens is 3. The zero-order valence-electron chi connectivity index (χ0n) is 11.0. The van der Waals surface area contributed by atoms with E-state index in [0.717, 1.165) is 24.3 Å². The summed E-state index contributed by atoms with van der Waals surface area (Å²) in [6.45, 7) is 2.74. The van der Waals surface area contributed by atoms with Crippen molar-refractivity contribution in [2.45, 2.75) is 25.7 Å². The van der Waals surface area contributed by atoms with Crippen molar-refractivity contribution in [3.05, 3.63) is 29.8 Å². The highest BCUT2D eigenvalue weighted by Gasteiger charge is 2.31. The average Bonchev–Trinajstić information content (AvgIpc) is 2.32. The molecule has 0 saturated carbocycles. The van der Waals surface area contributed by atoms with Crippen LogP contribution >= 0.6 is 11.8 Å². The quantitative estimate of drug-likeness (QED) is 0.821. The molecule has 1 atom stereocenters. The van der Waals surface area contributed by atoms with Crippen LogP contribution in [0.3, 0.4) is 0 Å². The lowest BCUT2D eigenvalue weighted by atomic mass is 10.0. The predicted molar refractivity (Wildman–Crippen MR) is 72.5 cm³/mol. The maximum Gasteiger partial charge on any atom is 0.573 e. The summed E-state index contributed by atoms with van der Waals surface area (Å²) in [7, 11) is 0. The summed E-state index contributed by atoms with van der Waals surface area (Å²) < 4.78 is 40.5. The smallest absolute Gasteiger partial charge is 0.406 e. The molecule has 0 spiro atoms. The molecule has 0 radical (unpaired) electrons. The highest BCUT2D eigenvalue weighted by atomic mass is 32.2. The van der Waals surface area contributed by atoms with Gasteiger partial charge in [-0.1, -0.05) is 19.1 Å². The summed E-state index contributed by atoms with van der Waals surface area (Å²) in [5.74, 6) is 0.777. The van der Waals surface area contributed by atoms with Crippen LogP contribution in [0.2, 0.25) is 0 Å². The van der Waals surface area contributed by atoms with E-state index in [1.807, 2.05) is 19.2 Å². The third-order valence-corrected chi connectivity index (χ3v) is 3.20. The Morgan fingerprint density at radius 3 is 2.68 bits per heavy atom. The fraction of sp³-hybridized carbons (Fsp3) is 0.538. The molecule has 6 heteroatoms. The van der Waals surface area contributed by atoms with Gasteiger partial charge in [0.1, 0.15) is 5.75 Å². The van der Waals surface area contributed by atoms with Gasteiger partial charge in [0.2, 0.25) is 0 Å². The van der Waals surface area contributed by atoms with Crippen LogP contribution in [-0.4, -0.2) is 24.9 Å². The van der Waals surface area contributed by atoms with Crippen molar-refractivity contribution in [3.63, 3.8) is 0 Å². The molecule has 1 rings (SSSR count). The van der Waals surface area contributed by atoms with Crippen molar-refractivity contribution in [2.75, 3.05) is 18.6 Å². The van der Waals surface area contributed by atoms with Crippen molar-refractivity contribution in [2.24, 2.45) is 0 Å². The first-order chi connectivity index (χ1) is 8.96. The van der Waals surface area contributed by atoms with Gasteiger partial charge in [0.25, 0.3) is 0 Å². The maximum atomic E-state index is 12.2. The van der Waals surface area contributed by atoms with Gasteiger partial charge in [-0.15, -0.1) is 13.2 Å². The van der Waals surface area contributed by atoms with E-state index in [9.17, 15) is 13.2 Å². The Balaban J connectivity index is 2.81. The zero-order valence-corrected chi connectivity index (χ0v) is 11.8. The number of nitrogens with one attached hydrogen (secondary N) is 1. The average molecular weight is 293 g/mol. The number of alkyl halides is 3. The predicted octanol–water partition coefficient (Wildman–Crippen LogP) is 3.99. The first kappa shape index (κ1) is 16.2. The molecule has 2 nitrogen and oxygen atoms in total. The minimum absolute atomic E-state index is 0.0502. The monoisotopic (exact) mass is 293 g/mol. The van der Waals surface area contributed by atoms with Gasteiger partial charge in [0.15, 0.2) is 0 Å². The molecule has 0 aliphatic rings. The van der Waals surface area contributed by atoms with Gasteiger partial charge in [-0.2, -0.15) is 11.8 Å². The number of hydrogen-bond acceptors (Lipinski definition) is 3. The lowest BCUT2D eigenvalue weighted by Crippen LogP contribution is -2.22. The van der Waals surface area contributed by atoms with Crippen LogP contribution in [0, 0.1) is 0 Å². The van der Waals surface area contributed by atoms with E-state index in [1.165, 1.54) is 12.1 Å². The Bertz CT molecular complexity index is 384. The summed E-state index contributed by atoms with van der Waals surface area (Å²) in [5.41, 5.74) is 0.817. The van der Waals surface area contributed by atoms with Gasteiger partial charge in [0, 0.05) is 6.04 Å². The van der Waals surface area contributed by atoms with Crippen molar-refractivity contribution in [3.8, 4) is 5.75 Å². The van der Waals surface area contributed by atoms with Gasteiger partial charge in [0.05, 0.1) is 0 Å². The molecule has 0 bridgehead atoms. The third kappa shape index (κ3) is 6.20. The number of benzene rings is 1. The van der Waals surface area contributed by atoms with Gasteiger partial charge in [-0.25, -0.2) is 0 Å². The molecule has 0 aromatic heterocycles. The molecule has 0 heterocycles. The normalized spacial score (nSPS) is 13.3. The SMILES string of the molecule is CCNC(CCSC)c1cccc(OC(F)(F)F)c1. The number of rotatable bonds is 7. The summed E-state index contributed by atoms with van der Waals surface area (Å²) in [6, 6.07) is 6.21. The summed E-state index contributed by atoms with van der Waals surface area (Å²) in [5, 5.41) is 3.27. The molecule has 108 valence electrons. The molecule has 0 aliphatic carbocycles. The standard InChI is InChI=1S/C13H18F3NOS/c1-3-17-12(7-8-19-2)10-5-4-6-11(9-10)18-13(14,15)16/h4-6,9,12,17H,3,7-8H2,1-2H3. The second-order valence-corrected chi connectivity index (χ2v) is 5.00. The van der Waals surface area contributed by atoms with Crippen LogP contribution in [0.15, 0.2) is 24.3 Å². The lowest BCUT2D eigenvalue weighted by molar-refractivity contribution is -0.274. The Morgan fingerprint density at radius 2 is 2.11 bits per heavy atom. The molecule has 1 aromatic carbocycles. The minimum Gasteiger partial charge on any atom is -0.406 e. The van der Waals surface area contributed by atoms with Crippen molar-refractivity contribution >= 4 is 11.8 Å². The minimum atomic E-state index is -4.65. The van der Waals surface area contributed by atoms with Gasteiger partial charge >= 0.3 is 6.36 Å². The molecule has 1 unspecified atom stereocenters. The Labute approximate surface area is 115 Å². The van der Waals surface area contributed by atoms with Crippen LogP contribution in [0.1, 0.15) is 24.9 Å². The molecule has 19 heavy (non-hydrogen) atoms. The largest absolute Gasteiger partial charge is 0.573 e. The number of ether oxygens (including phenoxy) is 1. The van der Waals surface area contributed by atoms with Crippen LogP contribution in [0.5, 0.6) is 5.75 Å². The van der Waals surface area contributed by atoms with Crippen LogP contribution in [0.4, 0.5) is 13.2 Å². The highest BCUT2D eigenvalue weighted by molar-refractivity contribution is 7.98. The topological polar surface area (TPSA) is 21.3 Å². The van der Waals surface area contributed by atoms with E-state index in [-0.39, 0.29) is 11.8 Å². The molecule has 0 fully saturated rings. The molecular weight excluding hydrogens is 275 g/mol. The molecule has 0 aliphatic heterocycles. The second kappa shape index (κ2) is 7.65. The van der Waals surface area contributed by atoms with Gasteiger partial charge in [-0.05, 0) is 42.7 Å².